The first-order valence-electron chi connectivity index (χ1n) is 9.57. The van der Waals surface area contributed by atoms with Crippen LogP contribution in [0.25, 0.3) is 10.6 Å². The average Bonchev–Trinajstić information content (AvgIpc) is 3.17. The second kappa shape index (κ2) is 8.12. The molecule has 1 saturated heterocycles. The summed E-state index contributed by atoms with van der Waals surface area (Å²) in [6.07, 6.45) is -3.28. The zero-order chi connectivity index (χ0) is 20.4. The number of nitrogens with zero attached hydrogens (tertiary/aromatic N) is 2. The number of hydrogen-bond donors (Lipinski definition) is 1. The van der Waals surface area contributed by atoms with Gasteiger partial charge in [-0.2, -0.15) is 13.2 Å². The van der Waals surface area contributed by atoms with Gasteiger partial charge in [0, 0.05) is 17.0 Å². The summed E-state index contributed by atoms with van der Waals surface area (Å²) < 4.78 is 38.1. The molecule has 8 heteroatoms. The molecule has 0 saturated carbocycles. The Balaban J connectivity index is 1.33. The quantitative estimate of drug-likeness (QED) is 0.705. The number of aromatic nitrogens is 2. The van der Waals surface area contributed by atoms with Crippen LogP contribution < -0.4 is 14.8 Å². The lowest BCUT2D eigenvalue weighted by molar-refractivity contribution is -0.914. The van der Waals surface area contributed by atoms with Crippen molar-refractivity contribution in [3.05, 3.63) is 64.8 Å². The summed E-state index contributed by atoms with van der Waals surface area (Å²) in [5.74, 6) is 0.729. The fourth-order valence-electron chi connectivity index (χ4n) is 3.50. The van der Waals surface area contributed by atoms with Crippen molar-refractivity contribution in [3.8, 4) is 10.6 Å². The molecule has 0 bridgehead atoms. The molecule has 29 heavy (non-hydrogen) atoms. The van der Waals surface area contributed by atoms with Crippen LogP contribution in [0.1, 0.15) is 16.8 Å². The van der Waals surface area contributed by atoms with Crippen molar-refractivity contribution >= 4 is 17.2 Å². The summed E-state index contributed by atoms with van der Waals surface area (Å²) in [4.78, 5) is 11.1. The van der Waals surface area contributed by atoms with Gasteiger partial charge in [0.05, 0.1) is 5.56 Å². The van der Waals surface area contributed by atoms with Crippen LogP contribution in [-0.2, 0) is 12.7 Å². The van der Waals surface area contributed by atoms with Crippen LogP contribution in [0.2, 0.25) is 0 Å². The largest absolute Gasteiger partial charge is 0.419 e. The number of piperazine rings is 1. The summed E-state index contributed by atoms with van der Waals surface area (Å²) >= 11 is 1.67. The molecule has 3 aromatic rings. The van der Waals surface area contributed by atoms with Gasteiger partial charge in [0.25, 0.3) is 5.82 Å². The molecule has 0 amide bonds. The van der Waals surface area contributed by atoms with Gasteiger partial charge in [-0.1, -0.05) is 29.8 Å². The molecule has 3 heterocycles. The monoisotopic (exact) mass is 420 g/mol. The second-order valence-corrected chi connectivity index (χ2v) is 8.24. The number of anilines is 1. The summed E-state index contributed by atoms with van der Waals surface area (Å²) in [5, 5.41) is 3.16. The van der Waals surface area contributed by atoms with Gasteiger partial charge in [-0.05, 0) is 13.0 Å². The Bertz CT molecular complexity index is 943. The van der Waals surface area contributed by atoms with Crippen molar-refractivity contribution < 1.29 is 23.1 Å². The van der Waals surface area contributed by atoms with Crippen molar-refractivity contribution in [1.82, 2.24) is 4.98 Å². The Morgan fingerprint density at radius 1 is 1.10 bits per heavy atom. The van der Waals surface area contributed by atoms with Crippen molar-refractivity contribution in [3.63, 3.8) is 0 Å². The molecule has 1 fully saturated rings. The third kappa shape index (κ3) is 4.76. The molecule has 0 spiro atoms. The number of benzene rings is 1. The average molecular weight is 421 g/mol. The first-order chi connectivity index (χ1) is 13.9. The van der Waals surface area contributed by atoms with E-state index in [0.717, 1.165) is 67.1 Å². The van der Waals surface area contributed by atoms with Crippen molar-refractivity contribution in [2.45, 2.75) is 19.6 Å². The number of aromatic amines is 1. The number of thiazole rings is 1. The maximum Gasteiger partial charge on any atom is 0.419 e. The number of rotatable bonds is 4. The van der Waals surface area contributed by atoms with Gasteiger partial charge < -0.3 is 4.90 Å². The van der Waals surface area contributed by atoms with E-state index in [1.54, 1.807) is 11.3 Å². The Morgan fingerprint density at radius 3 is 2.45 bits per heavy atom. The van der Waals surface area contributed by atoms with Crippen LogP contribution in [0.15, 0.2) is 48.0 Å². The number of quaternary nitrogens is 1. The van der Waals surface area contributed by atoms with E-state index in [2.05, 4.69) is 46.5 Å². The first kappa shape index (κ1) is 19.8. The molecule has 0 atom stereocenters. The van der Waals surface area contributed by atoms with Gasteiger partial charge in [-0.3, -0.25) is 4.90 Å². The fourth-order valence-corrected chi connectivity index (χ4v) is 4.33. The Hall–Kier alpha value is -2.45. The van der Waals surface area contributed by atoms with Gasteiger partial charge >= 0.3 is 6.18 Å². The number of hydrogen-bond acceptors (Lipinski definition) is 3. The molecule has 4 nitrogen and oxygen atoms in total. The molecule has 152 valence electrons. The van der Waals surface area contributed by atoms with E-state index in [1.807, 2.05) is 0 Å². The van der Waals surface area contributed by atoms with Gasteiger partial charge in [0.15, 0.2) is 0 Å². The highest BCUT2D eigenvalue weighted by atomic mass is 32.1. The van der Waals surface area contributed by atoms with Crippen LogP contribution in [0, 0.1) is 6.92 Å². The van der Waals surface area contributed by atoms with E-state index in [1.165, 1.54) is 16.5 Å². The van der Waals surface area contributed by atoms with Crippen molar-refractivity contribution in [2.75, 3.05) is 31.1 Å². The number of nitrogens with one attached hydrogen (secondary N) is 2. The summed E-state index contributed by atoms with van der Waals surface area (Å²) in [6, 6.07) is 11.0. The maximum atomic E-state index is 12.7. The SMILES string of the molecule is Cc1ccc(-c2nc(C[NH+]3CCN(c4ccc(C(F)(F)F)c[nH+]4)CC3)cs2)cc1. The van der Waals surface area contributed by atoms with Crippen molar-refractivity contribution in [1.29, 1.82) is 0 Å². The predicted octanol–water partition coefficient (Wildman–Crippen LogP) is 2.86. The Morgan fingerprint density at radius 2 is 1.83 bits per heavy atom. The second-order valence-electron chi connectivity index (χ2n) is 7.38. The summed E-state index contributed by atoms with van der Waals surface area (Å²) in [7, 11) is 0. The fraction of sp³-hybridized carbons (Fsp3) is 0.333. The first-order valence-corrected chi connectivity index (χ1v) is 10.5. The minimum absolute atomic E-state index is 0.654. The minimum atomic E-state index is -4.32. The molecule has 2 N–H and O–H groups in total. The number of halogens is 3. The molecule has 0 aliphatic carbocycles. The van der Waals surface area contributed by atoms with Crippen LogP contribution in [-0.4, -0.2) is 31.2 Å². The number of H-pyrrole nitrogens is 1. The van der Waals surface area contributed by atoms with E-state index >= 15 is 0 Å². The number of alkyl halides is 3. The highest BCUT2D eigenvalue weighted by Crippen LogP contribution is 2.28. The van der Waals surface area contributed by atoms with Crippen molar-refractivity contribution in [2.24, 2.45) is 0 Å². The lowest BCUT2D eigenvalue weighted by Gasteiger charge is -2.27. The topological polar surface area (TPSA) is 34.7 Å². The predicted molar refractivity (Wildman–Crippen MR) is 107 cm³/mol. The number of pyridine rings is 1. The molecule has 0 unspecified atom stereocenters. The molecule has 1 aliphatic heterocycles. The molecule has 0 radical (unpaired) electrons. The van der Waals surface area contributed by atoms with Gasteiger partial charge in [-0.25, -0.2) is 9.97 Å². The van der Waals surface area contributed by atoms with Crippen LogP contribution in [0.5, 0.6) is 0 Å². The summed E-state index contributed by atoms with van der Waals surface area (Å²) in [6.45, 7) is 6.38. The maximum absolute atomic E-state index is 12.7. The smallest absolute Gasteiger partial charge is 0.323 e. The van der Waals surface area contributed by atoms with E-state index < -0.39 is 11.7 Å². The number of aryl methyl sites for hydroxylation is 1. The van der Waals surface area contributed by atoms with Crippen LogP contribution in [0.3, 0.4) is 0 Å². The van der Waals surface area contributed by atoms with Gasteiger partial charge in [-0.15, -0.1) is 11.3 Å². The zero-order valence-electron chi connectivity index (χ0n) is 16.1. The third-order valence-electron chi connectivity index (χ3n) is 5.22. The lowest BCUT2D eigenvalue weighted by Crippen LogP contribution is -3.13. The minimum Gasteiger partial charge on any atom is -0.323 e. The molecule has 2 aromatic heterocycles. The van der Waals surface area contributed by atoms with Gasteiger partial charge in [0.2, 0.25) is 0 Å². The molecule has 1 aromatic carbocycles. The Kier molecular flexibility index (Phi) is 5.56. The molecule has 4 rings (SSSR count). The van der Waals surface area contributed by atoms with E-state index in [0.29, 0.717) is 0 Å². The molecular weight excluding hydrogens is 397 g/mol. The normalized spacial score (nSPS) is 15.7. The Labute approximate surface area is 171 Å². The molecular formula is C21H23F3N4S+2. The van der Waals surface area contributed by atoms with E-state index in [-0.39, 0.29) is 0 Å². The summed E-state index contributed by atoms with van der Waals surface area (Å²) in [5.41, 5.74) is 2.82. The highest BCUT2D eigenvalue weighted by molar-refractivity contribution is 7.13. The zero-order valence-corrected chi connectivity index (χ0v) is 16.9. The van der Waals surface area contributed by atoms with Crippen LogP contribution in [0.4, 0.5) is 19.0 Å². The highest BCUT2D eigenvalue weighted by Gasteiger charge is 2.33. The standard InChI is InChI=1S/C21H21F3N4S/c1-15-2-4-16(5-3-15)20-26-18(14-29-20)13-27-8-10-28(11-9-27)19-7-6-17(12-25-19)21(22,23)24/h2-7,12,14H,8-11,13H2,1H3/p+2. The van der Waals surface area contributed by atoms with E-state index in [4.69, 9.17) is 4.98 Å². The van der Waals surface area contributed by atoms with Gasteiger partial charge in [0.1, 0.15) is 49.6 Å². The van der Waals surface area contributed by atoms with E-state index in [9.17, 15) is 13.2 Å². The lowest BCUT2D eigenvalue weighted by atomic mass is 10.2. The molecule has 1 aliphatic rings. The van der Waals surface area contributed by atoms with Crippen LogP contribution >= 0.6 is 11.3 Å². The third-order valence-corrected chi connectivity index (χ3v) is 6.16.